The topological polar surface area (TPSA) is 34.1 Å². The minimum Gasteiger partial charge on any atom is -0.497 e. The van der Waals surface area contributed by atoms with Gasteiger partial charge in [-0.15, -0.1) is 0 Å². The van der Waals surface area contributed by atoms with Crippen molar-refractivity contribution in [3.63, 3.8) is 0 Å². The molecule has 1 fully saturated rings. The van der Waals surface area contributed by atoms with E-state index in [-0.39, 0.29) is 0 Å². The van der Waals surface area contributed by atoms with Crippen LogP contribution in [0.25, 0.3) is 0 Å². The molecule has 0 bridgehead atoms. The summed E-state index contributed by atoms with van der Waals surface area (Å²) in [6.07, 6.45) is 3.19. The molecule has 4 nitrogen and oxygen atoms in total. The van der Waals surface area contributed by atoms with Crippen LogP contribution in [0.15, 0.2) is 29.3 Å². The van der Waals surface area contributed by atoms with Crippen LogP contribution in [0.5, 0.6) is 5.75 Å². The Labute approximate surface area is 122 Å². The second-order valence-electron chi connectivity index (χ2n) is 5.28. The smallest absolute Gasteiger partial charge is 0.267 e. The van der Waals surface area contributed by atoms with Crippen molar-refractivity contribution in [3.05, 3.63) is 29.8 Å². The molecule has 1 aliphatic heterocycles. The Bertz CT molecular complexity index is 450. The first-order valence-electron chi connectivity index (χ1n) is 7.12. The SMILES string of the molecule is COc1ccc(C=NCCN2CCC[Si]2(C)OC)cc1. The Balaban J connectivity index is 1.81. The Hall–Kier alpha value is -1.17. The fourth-order valence-electron chi connectivity index (χ4n) is 2.61. The van der Waals surface area contributed by atoms with Gasteiger partial charge in [0.2, 0.25) is 0 Å². The highest BCUT2D eigenvalue weighted by atomic mass is 28.4. The molecule has 2 rings (SSSR count). The number of hydrogen-bond acceptors (Lipinski definition) is 4. The molecule has 0 aromatic heterocycles. The lowest BCUT2D eigenvalue weighted by Crippen LogP contribution is -2.49. The second-order valence-corrected chi connectivity index (χ2v) is 9.17. The van der Waals surface area contributed by atoms with Crippen LogP contribution in [-0.4, -0.2) is 53.1 Å². The third kappa shape index (κ3) is 3.68. The van der Waals surface area contributed by atoms with E-state index in [2.05, 4.69) is 16.1 Å². The van der Waals surface area contributed by atoms with Crippen LogP contribution in [0, 0.1) is 0 Å². The van der Waals surface area contributed by atoms with Crippen LogP contribution in [0.2, 0.25) is 12.6 Å². The van der Waals surface area contributed by atoms with Gasteiger partial charge in [-0.25, -0.2) is 0 Å². The van der Waals surface area contributed by atoms with Gasteiger partial charge in [-0.3, -0.25) is 4.99 Å². The zero-order valence-corrected chi connectivity index (χ0v) is 13.6. The molecule has 1 atom stereocenters. The lowest BCUT2D eigenvalue weighted by Gasteiger charge is -2.30. The van der Waals surface area contributed by atoms with E-state index in [0.29, 0.717) is 0 Å². The van der Waals surface area contributed by atoms with E-state index < -0.39 is 8.48 Å². The van der Waals surface area contributed by atoms with Crippen LogP contribution >= 0.6 is 0 Å². The van der Waals surface area contributed by atoms with E-state index >= 15 is 0 Å². The van der Waals surface area contributed by atoms with Crippen molar-refractivity contribution in [3.8, 4) is 5.75 Å². The molecular weight excluding hydrogens is 268 g/mol. The third-order valence-electron chi connectivity index (χ3n) is 4.03. The number of aliphatic imine (C=N–C) groups is 1. The third-order valence-corrected chi connectivity index (χ3v) is 7.98. The maximum absolute atomic E-state index is 5.75. The van der Waals surface area contributed by atoms with Gasteiger partial charge in [0.1, 0.15) is 5.75 Å². The van der Waals surface area contributed by atoms with Gasteiger partial charge in [-0.1, -0.05) is 0 Å². The van der Waals surface area contributed by atoms with Crippen molar-refractivity contribution in [2.75, 3.05) is 33.9 Å². The molecule has 1 unspecified atom stereocenters. The maximum Gasteiger partial charge on any atom is 0.267 e. The lowest BCUT2D eigenvalue weighted by molar-refractivity contribution is 0.320. The van der Waals surface area contributed by atoms with E-state index in [1.165, 1.54) is 12.5 Å². The molecule has 0 radical (unpaired) electrons. The van der Waals surface area contributed by atoms with Gasteiger partial charge >= 0.3 is 0 Å². The minimum absolute atomic E-state index is 0.831. The maximum atomic E-state index is 5.75. The van der Waals surface area contributed by atoms with Gasteiger partial charge in [0.25, 0.3) is 8.48 Å². The predicted octanol–water partition coefficient (Wildman–Crippen LogP) is 2.54. The first kappa shape index (κ1) is 15.2. The highest BCUT2D eigenvalue weighted by Gasteiger charge is 2.39. The summed E-state index contributed by atoms with van der Waals surface area (Å²) in [6.45, 7) is 5.29. The number of rotatable bonds is 6. The van der Waals surface area contributed by atoms with Crippen LogP contribution in [-0.2, 0) is 4.43 Å². The number of benzene rings is 1. The van der Waals surface area contributed by atoms with Crippen LogP contribution in [0.1, 0.15) is 12.0 Å². The molecule has 1 heterocycles. The fraction of sp³-hybridized carbons (Fsp3) is 0.533. The number of nitrogens with zero attached hydrogens (tertiary/aromatic N) is 2. The number of methoxy groups -OCH3 is 1. The van der Waals surface area contributed by atoms with Gasteiger partial charge < -0.3 is 13.7 Å². The number of ether oxygens (including phenoxy) is 1. The summed E-state index contributed by atoms with van der Waals surface area (Å²) < 4.78 is 13.4. The summed E-state index contributed by atoms with van der Waals surface area (Å²) in [6, 6.07) is 9.19. The second kappa shape index (κ2) is 7.01. The minimum atomic E-state index is -1.59. The van der Waals surface area contributed by atoms with E-state index in [1.54, 1.807) is 7.11 Å². The summed E-state index contributed by atoms with van der Waals surface area (Å²) in [5.41, 5.74) is 1.11. The summed E-state index contributed by atoms with van der Waals surface area (Å²) in [5.74, 6) is 0.876. The van der Waals surface area contributed by atoms with E-state index in [0.717, 1.165) is 30.9 Å². The summed E-state index contributed by atoms with van der Waals surface area (Å²) in [4.78, 5) is 4.52. The van der Waals surface area contributed by atoms with Crippen molar-refractivity contribution in [2.24, 2.45) is 4.99 Å². The van der Waals surface area contributed by atoms with Crippen LogP contribution in [0.3, 0.4) is 0 Å². The molecule has 1 aliphatic rings. The van der Waals surface area contributed by atoms with Crippen molar-refractivity contribution in [2.45, 2.75) is 19.0 Å². The highest BCUT2D eigenvalue weighted by molar-refractivity contribution is 6.70. The molecule has 1 aromatic rings. The van der Waals surface area contributed by atoms with Crippen molar-refractivity contribution >= 4 is 14.7 Å². The lowest BCUT2D eigenvalue weighted by atomic mass is 10.2. The first-order chi connectivity index (χ1) is 9.68. The van der Waals surface area contributed by atoms with Crippen LogP contribution < -0.4 is 4.74 Å². The molecule has 5 heteroatoms. The molecule has 0 saturated carbocycles. The highest BCUT2D eigenvalue weighted by Crippen LogP contribution is 2.25. The molecule has 0 N–H and O–H groups in total. The van der Waals surface area contributed by atoms with Gasteiger partial charge in [0.05, 0.1) is 13.7 Å². The summed E-state index contributed by atoms with van der Waals surface area (Å²) in [5, 5.41) is 0. The quantitative estimate of drug-likeness (QED) is 0.597. The molecule has 110 valence electrons. The molecule has 0 aliphatic carbocycles. The van der Waals surface area contributed by atoms with E-state index in [1.807, 2.05) is 37.6 Å². The fourth-order valence-corrected chi connectivity index (χ4v) is 5.41. The molecule has 1 aromatic carbocycles. The standard InChI is InChI=1S/C15H24N2O2Si/c1-18-15-7-5-14(6-8-15)13-16-9-11-17-10-4-12-20(17,3)19-2/h5-8,13H,4,9-12H2,1-3H3. The summed E-state index contributed by atoms with van der Waals surface area (Å²) >= 11 is 0. The molecule has 0 amide bonds. The monoisotopic (exact) mass is 292 g/mol. The van der Waals surface area contributed by atoms with Gasteiger partial charge in [-0.2, -0.15) is 0 Å². The summed E-state index contributed by atoms with van der Waals surface area (Å²) in [7, 11) is 1.94. The Morgan fingerprint density at radius 2 is 2.05 bits per heavy atom. The molecule has 20 heavy (non-hydrogen) atoms. The van der Waals surface area contributed by atoms with Crippen molar-refractivity contribution in [1.82, 2.24) is 4.57 Å². The van der Waals surface area contributed by atoms with Crippen molar-refractivity contribution in [1.29, 1.82) is 0 Å². The van der Waals surface area contributed by atoms with Gasteiger partial charge in [0.15, 0.2) is 0 Å². The Morgan fingerprint density at radius 1 is 1.30 bits per heavy atom. The van der Waals surface area contributed by atoms with Crippen LogP contribution in [0.4, 0.5) is 0 Å². The largest absolute Gasteiger partial charge is 0.497 e. The average Bonchev–Trinajstić information content (AvgIpc) is 2.86. The molecule has 0 spiro atoms. The first-order valence-corrected chi connectivity index (χ1v) is 9.68. The van der Waals surface area contributed by atoms with Gasteiger partial charge in [-0.05, 0) is 55.4 Å². The van der Waals surface area contributed by atoms with Crippen molar-refractivity contribution < 1.29 is 9.16 Å². The average molecular weight is 292 g/mol. The molecular formula is C15H24N2O2Si. The zero-order chi connectivity index (χ0) is 14.4. The van der Waals surface area contributed by atoms with Gasteiger partial charge in [0, 0.05) is 19.9 Å². The van der Waals surface area contributed by atoms with E-state index in [4.69, 9.17) is 9.16 Å². The Kier molecular flexibility index (Phi) is 5.34. The normalized spacial score (nSPS) is 23.6. The van der Waals surface area contributed by atoms with E-state index in [9.17, 15) is 0 Å². The Morgan fingerprint density at radius 3 is 2.70 bits per heavy atom. The zero-order valence-electron chi connectivity index (χ0n) is 12.6. The molecule has 1 saturated heterocycles. The number of hydrogen-bond donors (Lipinski definition) is 0. The predicted molar refractivity (Wildman–Crippen MR) is 85.1 cm³/mol.